The maximum atomic E-state index is 4.70. The first kappa shape index (κ1) is 13.7. The molecule has 1 fully saturated rings. The van der Waals surface area contributed by atoms with Gasteiger partial charge in [-0.1, -0.05) is 0 Å². The third-order valence-electron chi connectivity index (χ3n) is 4.27. The zero-order valence-corrected chi connectivity index (χ0v) is 13.9. The van der Waals surface area contributed by atoms with E-state index in [1.54, 1.807) is 11.3 Å². The monoisotopic (exact) mass is 313 g/mol. The van der Waals surface area contributed by atoms with Gasteiger partial charge in [-0.3, -0.25) is 4.68 Å². The number of aryl methyl sites for hydroxylation is 3. The van der Waals surface area contributed by atoms with Crippen LogP contribution < -0.4 is 4.90 Å². The van der Waals surface area contributed by atoms with Gasteiger partial charge in [0.2, 0.25) is 0 Å². The molecule has 6 heteroatoms. The van der Waals surface area contributed by atoms with Gasteiger partial charge < -0.3 is 4.90 Å². The number of aromatic nitrogens is 4. The van der Waals surface area contributed by atoms with Crippen molar-refractivity contribution in [2.75, 3.05) is 18.0 Å². The molecule has 0 spiro atoms. The molecule has 4 heterocycles. The Balaban J connectivity index is 1.67. The minimum atomic E-state index is 0.428. The molecule has 3 aromatic heterocycles. The number of thiophene rings is 1. The molecular formula is C16H19N5S. The summed E-state index contributed by atoms with van der Waals surface area (Å²) in [6.45, 7) is 8.14. The van der Waals surface area contributed by atoms with Gasteiger partial charge in [0, 0.05) is 18.8 Å². The molecule has 1 aliphatic rings. The van der Waals surface area contributed by atoms with E-state index in [2.05, 4.69) is 51.0 Å². The highest BCUT2D eigenvalue weighted by atomic mass is 32.1. The van der Waals surface area contributed by atoms with E-state index in [9.17, 15) is 0 Å². The standard InChI is InChI=1S/C16H19N5S/c1-10-8-11(2)21(19-10)13-4-6-20(9-13)15-14-5-7-22-16(14)18-12(3)17-15/h5,7-8,13H,4,6,9H2,1-3H3. The first-order chi connectivity index (χ1) is 10.6. The molecule has 1 unspecified atom stereocenters. The molecule has 0 aromatic carbocycles. The maximum absolute atomic E-state index is 4.70. The van der Waals surface area contributed by atoms with Gasteiger partial charge in [0.25, 0.3) is 0 Å². The Labute approximate surface area is 133 Å². The maximum Gasteiger partial charge on any atom is 0.141 e. The second kappa shape index (κ2) is 5.05. The molecule has 0 radical (unpaired) electrons. The van der Waals surface area contributed by atoms with Crippen molar-refractivity contribution in [1.29, 1.82) is 0 Å². The molecule has 5 nitrogen and oxygen atoms in total. The molecule has 1 atom stereocenters. The lowest BCUT2D eigenvalue weighted by Crippen LogP contribution is -2.23. The lowest BCUT2D eigenvalue weighted by atomic mass is 10.2. The molecule has 1 aliphatic heterocycles. The third kappa shape index (κ3) is 2.18. The van der Waals surface area contributed by atoms with Gasteiger partial charge in [-0.05, 0) is 44.7 Å². The molecular weight excluding hydrogens is 294 g/mol. The zero-order chi connectivity index (χ0) is 15.3. The number of anilines is 1. The molecule has 114 valence electrons. The molecule has 3 aromatic rings. The molecule has 0 bridgehead atoms. The van der Waals surface area contributed by atoms with Crippen LogP contribution in [0.2, 0.25) is 0 Å². The minimum Gasteiger partial charge on any atom is -0.354 e. The normalized spacial score (nSPS) is 18.5. The summed E-state index contributed by atoms with van der Waals surface area (Å²) in [5.74, 6) is 1.92. The average molecular weight is 313 g/mol. The van der Waals surface area contributed by atoms with E-state index in [0.717, 1.165) is 41.7 Å². The molecule has 0 aliphatic carbocycles. The van der Waals surface area contributed by atoms with Gasteiger partial charge >= 0.3 is 0 Å². The zero-order valence-electron chi connectivity index (χ0n) is 13.1. The van der Waals surface area contributed by atoms with Crippen molar-refractivity contribution in [3.05, 3.63) is 34.7 Å². The van der Waals surface area contributed by atoms with E-state index in [1.807, 2.05) is 6.92 Å². The van der Waals surface area contributed by atoms with E-state index >= 15 is 0 Å². The summed E-state index contributed by atoms with van der Waals surface area (Å²) < 4.78 is 2.17. The van der Waals surface area contributed by atoms with Crippen LogP contribution in [-0.4, -0.2) is 32.8 Å². The first-order valence-corrected chi connectivity index (χ1v) is 8.49. The van der Waals surface area contributed by atoms with E-state index in [0.29, 0.717) is 6.04 Å². The number of hydrogen-bond donors (Lipinski definition) is 0. The Hall–Kier alpha value is -1.95. The van der Waals surface area contributed by atoms with Crippen LogP contribution in [0.15, 0.2) is 17.5 Å². The second-order valence-corrected chi connectivity index (χ2v) is 6.89. The fraction of sp³-hybridized carbons (Fsp3) is 0.438. The Morgan fingerprint density at radius 1 is 1.23 bits per heavy atom. The van der Waals surface area contributed by atoms with Crippen molar-refractivity contribution in [3.63, 3.8) is 0 Å². The summed E-state index contributed by atoms with van der Waals surface area (Å²) in [6.07, 6.45) is 1.11. The fourth-order valence-electron chi connectivity index (χ4n) is 3.33. The van der Waals surface area contributed by atoms with Gasteiger partial charge in [-0.15, -0.1) is 11.3 Å². The summed E-state index contributed by atoms with van der Waals surface area (Å²) in [4.78, 5) is 12.7. The largest absolute Gasteiger partial charge is 0.354 e. The lowest BCUT2D eigenvalue weighted by Gasteiger charge is -2.19. The van der Waals surface area contributed by atoms with Crippen LogP contribution in [-0.2, 0) is 0 Å². The highest BCUT2D eigenvalue weighted by molar-refractivity contribution is 7.16. The van der Waals surface area contributed by atoms with Gasteiger partial charge in [-0.25, -0.2) is 9.97 Å². The van der Waals surface area contributed by atoms with E-state index in [-0.39, 0.29) is 0 Å². The molecule has 0 amide bonds. The predicted octanol–water partition coefficient (Wildman–Crippen LogP) is 3.26. The van der Waals surface area contributed by atoms with Crippen LogP contribution >= 0.6 is 11.3 Å². The van der Waals surface area contributed by atoms with Crippen LogP contribution in [0.4, 0.5) is 5.82 Å². The third-order valence-corrected chi connectivity index (χ3v) is 5.08. The van der Waals surface area contributed by atoms with Gasteiger partial charge in [0.05, 0.1) is 17.1 Å². The van der Waals surface area contributed by atoms with Crippen LogP contribution in [0.25, 0.3) is 10.2 Å². The predicted molar refractivity (Wildman–Crippen MR) is 89.7 cm³/mol. The number of fused-ring (bicyclic) bond motifs is 1. The molecule has 0 N–H and O–H groups in total. The van der Waals surface area contributed by atoms with Crippen molar-refractivity contribution in [2.24, 2.45) is 0 Å². The topological polar surface area (TPSA) is 46.8 Å². The number of rotatable bonds is 2. The van der Waals surface area contributed by atoms with Crippen LogP contribution in [0.3, 0.4) is 0 Å². The van der Waals surface area contributed by atoms with Gasteiger partial charge in [-0.2, -0.15) is 5.10 Å². The van der Waals surface area contributed by atoms with Crippen molar-refractivity contribution >= 4 is 27.4 Å². The van der Waals surface area contributed by atoms with Crippen LogP contribution in [0.5, 0.6) is 0 Å². The van der Waals surface area contributed by atoms with E-state index < -0.39 is 0 Å². The van der Waals surface area contributed by atoms with Crippen LogP contribution in [0.1, 0.15) is 29.7 Å². The summed E-state index contributed by atoms with van der Waals surface area (Å²) in [6, 6.07) is 4.71. The van der Waals surface area contributed by atoms with E-state index in [1.165, 1.54) is 11.1 Å². The smallest absolute Gasteiger partial charge is 0.141 e. The second-order valence-electron chi connectivity index (χ2n) is 5.99. The fourth-order valence-corrected chi connectivity index (χ4v) is 4.14. The van der Waals surface area contributed by atoms with Crippen molar-refractivity contribution in [3.8, 4) is 0 Å². The summed E-state index contributed by atoms with van der Waals surface area (Å²) in [5.41, 5.74) is 2.33. The molecule has 1 saturated heterocycles. The summed E-state index contributed by atoms with van der Waals surface area (Å²) in [7, 11) is 0. The van der Waals surface area contributed by atoms with Crippen molar-refractivity contribution in [2.45, 2.75) is 33.2 Å². The highest BCUT2D eigenvalue weighted by Crippen LogP contribution is 2.32. The molecule has 4 rings (SSSR count). The van der Waals surface area contributed by atoms with Crippen molar-refractivity contribution in [1.82, 2.24) is 19.7 Å². The summed E-state index contributed by atoms with van der Waals surface area (Å²) >= 11 is 1.68. The van der Waals surface area contributed by atoms with Gasteiger partial charge in [0.1, 0.15) is 16.5 Å². The highest BCUT2D eigenvalue weighted by Gasteiger charge is 2.28. The van der Waals surface area contributed by atoms with Crippen LogP contribution in [0, 0.1) is 20.8 Å². The first-order valence-electron chi connectivity index (χ1n) is 7.61. The Morgan fingerprint density at radius 2 is 2.09 bits per heavy atom. The quantitative estimate of drug-likeness (QED) is 0.728. The van der Waals surface area contributed by atoms with Crippen molar-refractivity contribution < 1.29 is 0 Å². The SMILES string of the molecule is Cc1cc(C)n(C2CCN(c3nc(C)nc4sccc34)C2)n1. The number of hydrogen-bond acceptors (Lipinski definition) is 5. The summed E-state index contributed by atoms with van der Waals surface area (Å²) in [5, 5.41) is 7.91. The molecule has 0 saturated carbocycles. The lowest BCUT2D eigenvalue weighted by molar-refractivity contribution is 0.481. The number of nitrogens with zero attached hydrogens (tertiary/aromatic N) is 5. The average Bonchev–Trinajstić information content (AvgIpc) is 3.17. The van der Waals surface area contributed by atoms with Gasteiger partial charge in [0.15, 0.2) is 0 Å². The Bertz CT molecular complexity index is 834. The molecule has 22 heavy (non-hydrogen) atoms. The van der Waals surface area contributed by atoms with E-state index in [4.69, 9.17) is 4.98 Å². The Morgan fingerprint density at radius 3 is 2.86 bits per heavy atom. The Kier molecular flexibility index (Phi) is 3.14. The minimum absolute atomic E-state index is 0.428.